The second-order valence-electron chi connectivity index (χ2n) is 4.13. The van der Waals surface area contributed by atoms with Gasteiger partial charge < -0.3 is 19.9 Å². The molecule has 2 rings (SSSR count). The Bertz CT molecular complexity index is 235. The second kappa shape index (κ2) is 4.81. The topological polar surface area (TPSA) is 44.8 Å². The van der Waals surface area contributed by atoms with Crippen LogP contribution in [0.3, 0.4) is 0 Å². The molecule has 5 nitrogen and oxygen atoms in total. The smallest absolute Gasteiger partial charge is 0.320 e. The van der Waals surface area contributed by atoms with Gasteiger partial charge >= 0.3 is 6.03 Å². The van der Waals surface area contributed by atoms with E-state index in [-0.39, 0.29) is 6.03 Å². The number of nitrogens with one attached hydrogen (secondary N) is 1. The number of nitrogens with zero attached hydrogens (tertiary/aromatic N) is 2. The fraction of sp³-hybridized carbons (Fsp3) is 0.900. The molecule has 2 heterocycles. The molecule has 0 spiro atoms. The van der Waals surface area contributed by atoms with E-state index in [0.29, 0.717) is 6.04 Å². The minimum atomic E-state index is 0.206. The van der Waals surface area contributed by atoms with Crippen LogP contribution in [-0.4, -0.2) is 68.3 Å². The number of rotatable bonds is 4. The Morgan fingerprint density at radius 1 is 1.60 bits per heavy atom. The van der Waals surface area contributed by atoms with Crippen molar-refractivity contribution in [3.63, 3.8) is 0 Å². The number of fused-ring (bicyclic) bond motifs is 1. The molecular weight excluding hydrogens is 194 g/mol. The van der Waals surface area contributed by atoms with Crippen LogP contribution in [0.15, 0.2) is 0 Å². The Morgan fingerprint density at radius 2 is 2.47 bits per heavy atom. The van der Waals surface area contributed by atoms with E-state index in [1.54, 1.807) is 7.11 Å². The van der Waals surface area contributed by atoms with Crippen LogP contribution in [0.25, 0.3) is 0 Å². The lowest BCUT2D eigenvalue weighted by Gasteiger charge is -2.28. The molecular formula is C10H19N3O2. The molecule has 1 unspecified atom stereocenters. The summed E-state index contributed by atoms with van der Waals surface area (Å²) in [6, 6.07) is 0.589. The molecule has 2 aliphatic heterocycles. The van der Waals surface area contributed by atoms with E-state index in [1.165, 1.54) is 0 Å². The summed E-state index contributed by atoms with van der Waals surface area (Å²) in [4.78, 5) is 15.8. The Kier molecular flexibility index (Phi) is 3.43. The summed E-state index contributed by atoms with van der Waals surface area (Å²) in [7, 11) is 1.69. The fourth-order valence-corrected chi connectivity index (χ4v) is 2.28. The van der Waals surface area contributed by atoms with Crippen LogP contribution >= 0.6 is 0 Å². The number of urea groups is 1. The second-order valence-corrected chi connectivity index (χ2v) is 4.13. The van der Waals surface area contributed by atoms with Crippen LogP contribution in [0.2, 0.25) is 0 Å². The molecule has 0 aromatic carbocycles. The molecule has 0 bridgehead atoms. The third-order valence-electron chi connectivity index (χ3n) is 3.07. The van der Waals surface area contributed by atoms with Crippen molar-refractivity contribution < 1.29 is 9.53 Å². The first-order chi connectivity index (χ1) is 7.33. The third-order valence-corrected chi connectivity index (χ3v) is 3.07. The molecule has 0 radical (unpaired) electrons. The van der Waals surface area contributed by atoms with Gasteiger partial charge in [0.15, 0.2) is 0 Å². The third kappa shape index (κ3) is 2.23. The molecule has 1 atom stereocenters. The summed E-state index contributed by atoms with van der Waals surface area (Å²) in [5, 5.41) is 3.32. The predicted molar refractivity (Wildman–Crippen MR) is 56.8 cm³/mol. The molecule has 5 heteroatoms. The quantitative estimate of drug-likeness (QED) is 0.654. The molecule has 0 aliphatic carbocycles. The largest absolute Gasteiger partial charge is 0.385 e. The maximum Gasteiger partial charge on any atom is 0.320 e. The van der Waals surface area contributed by atoms with Crippen molar-refractivity contribution in [2.75, 3.05) is 46.4 Å². The molecule has 86 valence electrons. The summed E-state index contributed by atoms with van der Waals surface area (Å²) >= 11 is 0. The molecule has 2 saturated heterocycles. The van der Waals surface area contributed by atoms with Gasteiger partial charge in [0.2, 0.25) is 0 Å². The summed E-state index contributed by atoms with van der Waals surface area (Å²) < 4.78 is 4.99. The first-order valence-corrected chi connectivity index (χ1v) is 5.58. The highest BCUT2D eigenvalue weighted by Gasteiger charge is 2.37. The van der Waals surface area contributed by atoms with Crippen molar-refractivity contribution in [1.82, 2.24) is 15.1 Å². The molecule has 0 saturated carbocycles. The first-order valence-electron chi connectivity index (χ1n) is 5.58. The Morgan fingerprint density at radius 3 is 3.20 bits per heavy atom. The van der Waals surface area contributed by atoms with Crippen molar-refractivity contribution in [3.8, 4) is 0 Å². The monoisotopic (exact) mass is 213 g/mol. The van der Waals surface area contributed by atoms with E-state index >= 15 is 0 Å². The highest BCUT2D eigenvalue weighted by molar-refractivity contribution is 5.77. The van der Waals surface area contributed by atoms with Crippen molar-refractivity contribution in [1.29, 1.82) is 0 Å². The summed E-state index contributed by atoms with van der Waals surface area (Å²) in [6.45, 7) is 5.13. The standard InChI is InChI=1S/C10H19N3O2/c1-15-6-2-4-12-8-9-7-11-3-5-13(9)10(12)14/h9,11H,2-8H2,1H3. The van der Waals surface area contributed by atoms with Gasteiger partial charge in [-0.25, -0.2) is 4.79 Å². The van der Waals surface area contributed by atoms with Crippen LogP contribution in [0.4, 0.5) is 4.79 Å². The number of methoxy groups -OCH3 is 1. The number of piperazine rings is 1. The summed E-state index contributed by atoms with van der Waals surface area (Å²) in [6.07, 6.45) is 0.927. The lowest BCUT2D eigenvalue weighted by atomic mass is 10.2. The van der Waals surface area contributed by atoms with Gasteiger partial charge in [0, 0.05) is 46.4 Å². The Hall–Kier alpha value is -0.810. The van der Waals surface area contributed by atoms with Crippen molar-refractivity contribution >= 4 is 6.03 Å². The predicted octanol–water partition coefficient (Wildman–Crippen LogP) is -0.268. The molecule has 2 amide bonds. The zero-order chi connectivity index (χ0) is 10.7. The minimum Gasteiger partial charge on any atom is -0.385 e. The van der Waals surface area contributed by atoms with Crippen LogP contribution < -0.4 is 5.32 Å². The number of carbonyl (C=O) groups is 1. The summed E-state index contributed by atoms with van der Waals surface area (Å²) in [5.41, 5.74) is 0. The lowest BCUT2D eigenvalue weighted by Crippen LogP contribution is -2.49. The SMILES string of the molecule is COCCCN1CC2CNCCN2C1=O. The maximum absolute atomic E-state index is 11.9. The van der Waals surface area contributed by atoms with Gasteiger partial charge in [0.1, 0.15) is 0 Å². The van der Waals surface area contributed by atoms with Crippen LogP contribution in [0, 0.1) is 0 Å². The van der Waals surface area contributed by atoms with Gasteiger partial charge in [-0.3, -0.25) is 0 Å². The number of carbonyl (C=O) groups excluding carboxylic acids is 1. The van der Waals surface area contributed by atoms with E-state index in [4.69, 9.17) is 4.74 Å². The van der Waals surface area contributed by atoms with Gasteiger partial charge in [0.05, 0.1) is 6.04 Å². The highest BCUT2D eigenvalue weighted by Crippen LogP contribution is 2.17. The van der Waals surface area contributed by atoms with E-state index < -0.39 is 0 Å². The maximum atomic E-state index is 11.9. The summed E-state index contributed by atoms with van der Waals surface area (Å²) in [5.74, 6) is 0. The molecule has 2 fully saturated rings. The number of ether oxygens (including phenoxy) is 1. The molecule has 15 heavy (non-hydrogen) atoms. The molecule has 0 aromatic rings. The molecule has 0 aromatic heterocycles. The van der Waals surface area contributed by atoms with Crippen LogP contribution in [0.1, 0.15) is 6.42 Å². The normalized spacial score (nSPS) is 25.9. The number of hydrogen-bond acceptors (Lipinski definition) is 3. The first kappa shape index (κ1) is 10.7. The highest BCUT2D eigenvalue weighted by atomic mass is 16.5. The van der Waals surface area contributed by atoms with Crippen LogP contribution in [-0.2, 0) is 4.74 Å². The van der Waals surface area contributed by atoms with Crippen LogP contribution in [0.5, 0.6) is 0 Å². The fourth-order valence-electron chi connectivity index (χ4n) is 2.28. The number of amides is 2. The average molecular weight is 213 g/mol. The van der Waals surface area contributed by atoms with Crippen molar-refractivity contribution in [3.05, 3.63) is 0 Å². The van der Waals surface area contributed by atoms with Crippen molar-refractivity contribution in [2.45, 2.75) is 12.5 Å². The van der Waals surface area contributed by atoms with Gasteiger partial charge in [-0.1, -0.05) is 0 Å². The lowest BCUT2D eigenvalue weighted by molar-refractivity contribution is 0.167. The van der Waals surface area contributed by atoms with E-state index in [9.17, 15) is 4.79 Å². The minimum absolute atomic E-state index is 0.206. The Balaban J connectivity index is 1.84. The van der Waals surface area contributed by atoms with E-state index in [2.05, 4.69) is 5.32 Å². The zero-order valence-corrected chi connectivity index (χ0v) is 9.24. The van der Waals surface area contributed by atoms with Gasteiger partial charge in [-0.2, -0.15) is 0 Å². The van der Waals surface area contributed by atoms with E-state index in [1.807, 2.05) is 9.80 Å². The zero-order valence-electron chi connectivity index (χ0n) is 9.24. The van der Waals surface area contributed by atoms with E-state index in [0.717, 1.165) is 45.8 Å². The van der Waals surface area contributed by atoms with Gasteiger partial charge in [0.25, 0.3) is 0 Å². The Labute approximate surface area is 90.4 Å². The average Bonchev–Trinajstić information content (AvgIpc) is 2.57. The molecule has 2 aliphatic rings. The van der Waals surface area contributed by atoms with Crippen molar-refractivity contribution in [2.24, 2.45) is 0 Å². The molecule has 1 N–H and O–H groups in total. The van der Waals surface area contributed by atoms with Gasteiger partial charge in [-0.05, 0) is 6.42 Å². The number of hydrogen-bond donors (Lipinski definition) is 1. The van der Waals surface area contributed by atoms with Gasteiger partial charge in [-0.15, -0.1) is 0 Å².